The van der Waals surface area contributed by atoms with Crippen LogP contribution in [0.15, 0.2) is 53.7 Å². The van der Waals surface area contributed by atoms with Gasteiger partial charge in [-0.25, -0.2) is 4.98 Å². The number of aromatic amines is 1. The first-order chi connectivity index (χ1) is 12.1. The molecular weight excluding hydrogens is 334 g/mol. The molecule has 0 fully saturated rings. The summed E-state index contributed by atoms with van der Waals surface area (Å²) >= 11 is 1.42. The molecule has 3 rings (SSSR count). The third kappa shape index (κ3) is 3.96. The quantitative estimate of drug-likeness (QED) is 0.676. The SMILES string of the molecule is CCOc1ccc2nc(S[C@@H](C)C(=O)N(C)c3ccccc3)[nH]c2c1. The van der Waals surface area contributed by atoms with Gasteiger partial charge in [-0.05, 0) is 38.1 Å². The summed E-state index contributed by atoms with van der Waals surface area (Å²) in [6.45, 7) is 4.47. The monoisotopic (exact) mass is 355 g/mol. The van der Waals surface area contributed by atoms with Crippen LogP contribution in [0.2, 0.25) is 0 Å². The van der Waals surface area contributed by atoms with Crippen LogP contribution in [0.5, 0.6) is 5.75 Å². The number of nitrogens with zero attached hydrogens (tertiary/aromatic N) is 2. The van der Waals surface area contributed by atoms with Gasteiger partial charge in [-0.1, -0.05) is 30.0 Å². The number of carbonyl (C=O) groups is 1. The molecule has 25 heavy (non-hydrogen) atoms. The number of hydrogen-bond donors (Lipinski definition) is 1. The lowest BCUT2D eigenvalue weighted by atomic mass is 10.3. The molecule has 2 aromatic carbocycles. The van der Waals surface area contributed by atoms with Gasteiger partial charge < -0.3 is 14.6 Å². The fourth-order valence-electron chi connectivity index (χ4n) is 2.55. The first-order valence-corrected chi connectivity index (χ1v) is 9.08. The summed E-state index contributed by atoms with van der Waals surface area (Å²) in [6, 6.07) is 15.4. The van der Waals surface area contributed by atoms with Gasteiger partial charge in [0.2, 0.25) is 5.91 Å². The molecule has 0 saturated carbocycles. The lowest BCUT2D eigenvalue weighted by molar-refractivity contribution is -0.117. The molecule has 0 bridgehead atoms. The van der Waals surface area contributed by atoms with Crippen molar-refractivity contribution in [2.45, 2.75) is 24.3 Å². The van der Waals surface area contributed by atoms with Crippen LogP contribution in [0, 0.1) is 0 Å². The Hall–Kier alpha value is -2.47. The average molecular weight is 355 g/mol. The normalized spacial score (nSPS) is 12.1. The standard InChI is InChI=1S/C19H21N3O2S/c1-4-24-15-10-11-16-17(12-15)21-19(20-16)25-13(2)18(23)22(3)14-8-6-5-7-9-14/h5-13H,4H2,1-3H3,(H,20,21)/t13-/m0/s1. The van der Waals surface area contributed by atoms with Crippen molar-refractivity contribution in [2.24, 2.45) is 0 Å². The van der Waals surface area contributed by atoms with E-state index < -0.39 is 0 Å². The highest BCUT2D eigenvalue weighted by Crippen LogP contribution is 2.27. The minimum absolute atomic E-state index is 0.0339. The zero-order valence-corrected chi connectivity index (χ0v) is 15.3. The number of benzene rings is 2. The number of hydrogen-bond acceptors (Lipinski definition) is 4. The van der Waals surface area contributed by atoms with Crippen LogP contribution in [0.25, 0.3) is 11.0 Å². The molecule has 0 aliphatic rings. The smallest absolute Gasteiger partial charge is 0.240 e. The van der Waals surface area contributed by atoms with Crippen LogP contribution < -0.4 is 9.64 Å². The minimum atomic E-state index is -0.253. The molecule has 1 aromatic heterocycles. The van der Waals surface area contributed by atoms with E-state index in [9.17, 15) is 4.79 Å². The zero-order valence-electron chi connectivity index (χ0n) is 14.5. The molecule has 1 N–H and O–H groups in total. The van der Waals surface area contributed by atoms with Crippen molar-refractivity contribution in [2.75, 3.05) is 18.6 Å². The van der Waals surface area contributed by atoms with Crippen molar-refractivity contribution in [3.05, 3.63) is 48.5 Å². The average Bonchev–Trinajstić information content (AvgIpc) is 3.03. The molecule has 0 saturated heterocycles. The number of aromatic nitrogens is 2. The van der Waals surface area contributed by atoms with Gasteiger partial charge in [0.25, 0.3) is 0 Å². The van der Waals surface area contributed by atoms with Gasteiger partial charge in [-0.15, -0.1) is 0 Å². The maximum atomic E-state index is 12.6. The fraction of sp³-hybridized carbons (Fsp3) is 0.263. The summed E-state index contributed by atoms with van der Waals surface area (Å²) in [4.78, 5) is 22.1. The second kappa shape index (κ2) is 7.61. The molecule has 1 heterocycles. The second-order valence-corrected chi connectivity index (χ2v) is 6.98. The van der Waals surface area contributed by atoms with Crippen molar-refractivity contribution in [1.29, 1.82) is 0 Å². The van der Waals surface area contributed by atoms with E-state index in [1.165, 1.54) is 11.8 Å². The topological polar surface area (TPSA) is 58.2 Å². The van der Waals surface area contributed by atoms with E-state index in [4.69, 9.17) is 4.74 Å². The number of para-hydroxylation sites is 1. The first kappa shape index (κ1) is 17.4. The minimum Gasteiger partial charge on any atom is -0.494 e. The van der Waals surface area contributed by atoms with Crippen LogP contribution in [-0.4, -0.2) is 34.8 Å². The van der Waals surface area contributed by atoms with Crippen molar-refractivity contribution < 1.29 is 9.53 Å². The van der Waals surface area contributed by atoms with Gasteiger partial charge in [-0.2, -0.15) is 0 Å². The summed E-state index contributed by atoms with van der Waals surface area (Å²) in [7, 11) is 1.79. The van der Waals surface area contributed by atoms with Crippen molar-refractivity contribution in [3.8, 4) is 5.75 Å². The molecule has 5 nitrogen and oxygen atoms in total. The van der Waals surface area contributed by atoms with Crippen molar-refractivity contribution in [1.82, 2.24) is 9.97 Å². The summed E-state index contributed by atoms with van der Waals surface area (Å²) in [5.41, 5.74) is 2.65. The van der Waals surface area contributed by atoms with E-state index in [0.717, 1.165) is 27.6 Å². The highest BCUT2D eigenvalue weighted by atomic mass is 32.2. The highest BCUT2D eigenvalue weighted by Gasteiger charge is 2.21. The summed E-state index contributed by atoms with van der Waals surface area (Å²) < 4.78 is 5.51. The van der Waals surface area contributed by atoms with Crippen LogP contribution >= 0.6 is 11.8 Å². The Labute approximate surface area is 151 Å². The number of carbonyl (C=O) groups excluding carboxylic acids is 1. The maximum absolute atomic E-state index is 12.6. The fourth-order valence-corrected chi connectivity index (χ4v) is 3.46. The van der Waals surface area contributed by atoms with Crippen LogP contribution in [0.1, 0.15) is 13.8 Å². The largest absolute Gasteiger partial charge is 0.494 e. The summed E-state index contributed by atoms with van der Waals surface area (Å²) in [5.74, 6) is 0.842. The van der Waals surface area contributed by atoms with Crippen LogP contribution in [0.4, 0.5) is 5.69 Å². The number of fused-ring (bicyclic) bond motifs is 1. The molecule has 0 radical (unpaired) electrons. The highest BCUT2D eigenvalue weighted by molar-refractivity contribution is 8.00. The van der Waals surface area contributed by atoms with Gasteiger partial charge in [-0.3, -0.25) is 4.79 Å². The number of rotatable bonds is 6. The third-order valence-corrected chi connectivity index (χ3v) is 4.82. The van der Waals surface area contributed by atoms with Gasteiger partial charge >= 0.3 is 0 Å². The Bertz CT molecular complexity index is 863. The maximum Gasteiger partial charge on any atom is 0.240 e. The molecule has 130 valence electrons. The molecule has 3 aromatic rings. The summed E-state index contributed by atoms with van der Waals surface area (Å²) in [6.07, 6.45) is 0. The van der Waals surface area contributed by atoms with Gasteiger partial charge in [0.1, 0.15) is 5.75 Å². The van der Waals surface area contributed by atoms with E-state index in [1.54, 1.807) is 11.9 Å². The van der Waals surface area contributed by atoms with E-state index in [0.29, 0.717) is 6.61 Å². The Balaban J connectivity index is 1.72. The number of H-pyrrole nitrogens is 1. The number of ether oxygens (including phenoxy) is 1. The number of amides is 1. The zero-order chi connectivity index (χ0) is 17.8. The van der Waals surface area contributed by atoms with E-state index in [2.05, 4.69) is 9.97 Å². The Morgan fingerprint density at radius 1 is 1.28 bits per heavy atom. The van der Waals surface area contributed by atoms with E-state index >= 15 is 0 Å². The lowest BCUT2D eigenvalue weighted by Crippen LogP contribution is -2.33. The molecule has 1 atom stereocenters. The van der Waals surface area contributed by atoms with Gasteiger partial charge in [0, 0.05) is 18.8 Å². The molecule has 0 spiro atoms. The predicted octanol–water partition coefficient (Wildman–Crippen LogP) is 4.11. The Morgan fingerprint density at radius 3 is 2.76 bits per heavy atom. The van der Waals surface area contributed by atoms with Crippen LogP contribution in [-0.2, 0) is 4.79 Å². The number of nitrogens with one attached hydrogen (secondary N) is 1. The number of anilines is 1. The molecule has 6 heteroatoms. The number of imidazole rings is 1. The van der Waals surface area contributed by atoms with Gasteiger partial charge in [0.15, 0.2) is 5.16 Å². The van der Waals surface area contributed by atoms with Crippen LogP contribution in [0.3, 0.4) is 0 Å². The van der Waals surface area contributed by atoms with Gasteiger partial charge in [0.05, 0.1) is 22.9 Å². The lowest BCUT2D eigenvalue weighted by Gasteiger charge is -2.20. The molecule has 0 unspecified atom stereocenters. The predicted molar refractivity (Wildman–Crippen MR) is 102 cm³/mol. The number of thioether (sulfide) groups is 1. The molecule has 1 amide bonds. The van der Waals surface area contributed by atoms with E-state index in [1.807, 2.05) is 62.4 Å². The molecule has 0 aliphatic heterocycles. The second-order valence-electron chi connectivity index (χ2n) is 5.65. The van der Waals surface area contributed by atoms with Crippen molar-refractivity contribution in [3.63, 3.8) is 0 Å². The Kier molecular flexibility index (Phi) is 5.28. The molecule has 0 aliphatic carbocycles. The third-order valence-electron chi connectivity index (χ3n) is 3.85. The first-order valence-electron chi connectivity index (χ1n) is 8.20. The van der Waals surface area contributed by atoms with Crippen molar-refractivity contribution >= 4 is 34.4 Å². The summed E-state index contributed by atoms with van der Waals surface area (Å²) in [5, 5.41) is 0.475. The Morgan fingerprint density at radius 2 is 2.04 bits per heavy atom. The molecular formula is C19H21N3O2S. The van der Waals surface area contributed by atoms with E-state index in [-0.39, 0.29) is 11.2 Å².